The number of ether oxygens (including phenoxy) is 6. The molecule has 5 aliphatic rings. The summed E-state index contributed by atoms with van der Waals surface area (Å²) in [4.78, 5) is 12.7. The van der Waals surface area contributed by atoms with Crippen LogP contribution in [0.4, 0.5) is 8.78 Å². The lowest BCUT2D eigenvalue weighted by Crippen LogP contribution is -2.67. The van der Waals surface area contributed by atoms with E-state index in [1.807, 2.05) is 0 Å². The Balaban J connectivity index is 1.33. The molecule has 0 aromatic heterocycles. The fourth-order valence-corrected chi connectivity index (χ4v) is 7.55. The van der Waals surface area contributed by atoms with Gasteiger partial charge in [0.1, 0.15) is 54.9 Å². The molecule has 1 aliphatic carbocycles. The number of nitrogens with two attached hydrogens (primary N) is 5. The smallest absolute Gasteiger partial charge is 0.294 e. The first-order valence-electron chi connectivity index (χ1n) is 19.0. The van der Waals surface area contributed by atoms with E-state index in [9.17, 15) is 49.3 Å². The highest BCUT2D eigenvalue weighted by molar-refractivity contribution is 5.82. The number of halogens is 2. The van der Waals surface area contributed by atoms with Crippen LogP contribution in [0.15, 0.2) is 12.2 Å². The van der Waals surface area contributed by atoms with E-state index in [1.165, 1.54) is 0 Å². The minimum Gasteiger partial charge on any atom is -0.394 e. The molecular formula is C33H60F2N8O14. The van der Waals surface area contributed by atoms with Gasteiger partial charge >= 0.3 is 0 Å². The second-order valence-electron chi connectivity index (χ2n) is 15.3. The predicted octanol–water partition coefficient (Wildman–Crippen LogP) is -8.20. The van der Waals surface area contributed by atoms with E-state index in [1.54, 1.807) is 12.2 Å². The average molecular weight is 831 g/mol. The van der Waals surface area contributed by atoms with Crippen molar-refractivity contribution in [1.82, 2.24) is 16.0 Å². The summed E-state index contributed by atoms with van der Waals surface area (Å²) >= 11 is 0. The number of carbonyl (C=O) groups excluding carboxylic acids is 1. The number of nitrogens with one attached hydrogen (secondary N) is 3. The van der Waals surface area contributed by atoms with Gasteiger partial charge in [0.2, 0.25) is 0 Å². The van der Waals surface area contributed by atoms with Crippen LogP contribution in [0.5, 0.6) is 0 Å². The van der Waals surface area contributed by atoms with E-state index in [4.69, 9.17) is 57.1 Å². The van der Waals surface area contributed by atoms with Gasteiger partial charge in [-0.25, -0.2) is 8.78 Å². The molecule has 4 heterocycles. The van der Waals surface area contributed by atoms with E-state index in [0.717, 1.165) is 0 Å². The Labute approximate surface area is 327 Å². The largest absolute Gasteiger partial charge is 0.394 e. The highest BCUT2D eigenvalue weighted by atomic mass is 19.3. The Kier molecular flexibility index (Phi) is 16.1. The van der Waals surface area contributed by atoms with Gasteiger partial charge in [0, 0.05) is 25.7 Å². The maximum Gasteiger partial charge on any atom is 0.294 e. The van der Waals surface area contributed by atoms with Crippen molar-refractivity contribution >= 4 is 5.91 Å². The third kappa shape index (κ3) is 10.8. The number of hydrogen-bond donors (Lipinski definition) is 15. The van der Waals surface area contributed by atoms with E-state index in [2.05, 4.69) is 16.0 Å². The molecule has 5 rings (SSSR count). The first-order valence-corrected chi connectivity index (χ1v) is 19.0. The highest BCUT2D eigenvalue weighted by Crippen LogP contribution is 2.34. The average Bonchev–Trinajstić information content (AvgIpc) is 3.48. The summed E-state index contributed by atoms with van der Waals surface area (Å²) in [6, 6.07) is -4.80. The summed E-state index contributed by atoms with van der Waals surface area (Å²) in [6.07, 6.45) is -17.2. The first kappa shape index (κ1) is 46.3. The zero-order valence-corrected chi connectivity index (χ0v) is 31.2. The summed E-state index contributed by atoms with van der Waals surface area (Å²) in [5, 5.41) is 83.3. The van der Waals surface area contributed by atoms with Crippen LogP contribution in [0.3, 0.4) is 0 Å². The van der Waals surface area contributed by atoms with E-state index >= 15 is 0 Å². The molecular weight excluding hydrogens is 770 g/mol. The molecule has 0 bridgehead atoms. The van der Waals surface area contributed by atoms with Gasteiger partial charge in [-0.05, 0) is 32.4 Å². The Bertz CT molecular complexity index is 1330. The van der Waals surface area contributed by atoms with Gasteiger partial charge in [-0.15, -0.1) is 0 Å². The molecule has 3 saturated heterocycles. The van der Waals surface area contributed by atoms with Crippen molar-refractivity contribution in [2.24, 2.45) is 28.7 Å². The zero-order valence-electron chi connectivity index (χ0n) is 31.2. The monoisotopic (exact) mass is 830 g/mol. The number of alkyl halides is 2. The zero-order chi connectivity index (χ0) is 41.8. The Hall–Kier alpha value is -1.73. The molecule has 18 atom stereocenters. The molecule has 1 saturated carbocycles. The topological polar surface area (TPSA) is 380 Å². The van der Waals surface area contributed by atoms with Gasteiger partial charge < -0.3 is 109 Å². The first-order chi connectivity index (χ1) is 26.9. The van der Waals surface area contributed by atoms with Crippen molar-refractivity contribution in [2.75, 3.05) is 45.9 Å². The minimum absolute atomic E-state index is 0.230. The number of amides is 1. The second kappa shape index (κ2) is 19.8. The fourth-order valence-electron chi connectivity index (χ4n) is 7.55. The van der Waals surface area contributed by atoms with E-state index in [-0.39, 0.29) is 19.5 Å². The third-order valence-corrected chi connectivity index (χ3v) is 11.1. The molecule has 20 N–H and O–H groups in total. The van der Waals surface area contributed by atoms with Crippen molar-refractivity contribution < 1.29 is 77.7 Å². The lowest BCUT2D eigenvalue weighted by molar-refractivity contribution is -0.284. The number of aliphatic hydroxyl groups is 7. The van der Waals surface area contributed by atoms with Crippen LogP contribution < -0.4 is 44.6 Å². The highest BCUT2D eigenvalue weighted by Gasteiger charge is 2.54. The molecule has 4 fully saturated rings. The lowest BCUT2D eigenvalue weighted by atomic mass is 9.83. The molecule has 330 valence electrons. The quantitative estimate of drug-likeness (QED) is 0.0642. The molecule has 0 radical (unpaired) electrons. The van der Waals surface area contributed by atoms with Crippen molar-refractivity contribution in [3.63, 3.8) is 0 Å². The number of carbonyl (C=O) groups is 1. The van der Waals surface area contributed by atoms with Crippen LogP contribution in [-0.2, 0) is 33.2 Å². The molecule has 57 heavy (non-hydrogen) atoms. The predicted molar refractivity (Wildman–Crippen MR) is 190 cm³/mol. The van der Waals surface area contributed by atoms with Gasteiger partial charge in [-0.3, -0.25) is 4.79 Å². The fraction of sp³-hybridized carbons (Fsp3) is 0.909. The van der Waals surface area contributed by atoms with Crippen LogP contribution in [0.2, 0.25) is 0 Å². The van der Waals surface area contributed by atoms with Crippen molar-refractivity contribution in [1.29, 1.82) is 0 Å². The molecule has 0 aromatic carbocycles. The van der Waals surface area contributed by atoms with Gasteiger partial charge in [-0.1, -0.05) is 12.2 Å². The number of rotatable bonds is 16. The standard InChI is InChI=1S/C33H60F2N8O14/c34-33(35,11-37)27(49)28(50)43-16-7-15(39)24(55-29-14(38)2-1-13(52-29)9-42-12-32(51)3-5-41-6-4-32)26(20(16)45)57-31-23(48)25(18(10-44)54-31)56-30-19(40)22(47)21(46)17(8-36)53-30/h1-2,13-27,29-31,41-42,44-49,51H,3-12,36-40H2,(H,43,50)/t13-,14+,15-,16+,17-,18+,19+,20-,21+,22+,23+,24+,25+,26+,27?,29+,30+,31-/m0/s1. The SMILES string of the molecule is NC[C@@H]1O[C@H](O[C@H]2[C@@H](O)[C@H](O[C@@H]3[C@@H](O)[C@H](NC(=O)C(O)C(F)(F)CN)C[C@H](N)[C@H]3O[C@H]3O[C@H](CNCC4(O)CCNCC4)C=C[C@H]3N)O[C@@H]2CO)[C@H](N)[C@@H](O)[C@@H]1O. The van der Waals surface area contributed by atoms with Crippen LogP contribution in [0.25, 0.3) is 0 Å². The van der Waals surface area contributed by atoms with E-state index in [0.29, 0.717) is 32.5 Å². The van der Waals surface area contributed by atoms with E-state index < -0.39 is 141 Å². The number of aliphatic hydroxyl groups excluding tert-OH is 6. The van der Waals surface area contributed by atoms with Gasteiger partial charge in [-0.2, -0.15) is 0 Å². The Morgan fingerprint density at radius 3 is 2.19 bits per heavy atom. The third-order valence-electron chi connectivity index (χ3n) is 11.1. The van der Waals surface area contributed by atoms with Crippen molar-refractivity contribution in [3.8, 4) is 0 Å². The maximum absolute atomic E-state index is 14.1. The number of piperidine rings is 1. The summed E-state index contributed by atoms with van der Waals surface area (Å²) in [5.74, 6) is -5.57. The minimum atomic E-state index is -4.01. The van der Waals surface area contributed by atoms with Gasteiger partial charge in [0.25, 0.3) is 11.8 Å². The van der Waals surface area contributed by atoms with Crippen molar-refractivity contribution in [2.45, 2.75) is 141 Å². The molecule has 22 nitrogen and oxygen atoms in total. The Morgan fingerprint density at radius 1 is 0.895 bits per heavy atom. The molecule has 1 amide bonds. The van der Waals surface area contributed by atoms with Gasteiger partial charge in [0.05, 0.1) is 43.0 Å². The second-order valence-corrected chi connectivity index (χ2v) is 15.3. The van der Waals surface area contributed by atoms with Crippen LogP contribution >= 0.6 is 0 Å². The maximum atomic E-state index is 14.1. The molecule has 1 unspecified atom stereocenters. The normalized spacial score (nSPS) is 43.2. The molecule has 4 aliphatic heterocycles. The van der Waals surface area contributed by atoms with Crippen LogP contribution in [0.1, 0.15) is 19.3 Å². The lowest BCUT2D eigenvalue weighted by Gasteiger charge is -2.46. The summed E-state index contributed by atoms with van der Waals surface area (Å²) < 4.78 is 63.9. The Morgan fingerprint density at radius 2 is 1.54 bits per heavy atom. The summed E-state index contributed by atoms with van der Waals surface area (Å²) in [5.41, 5.74) is 28.7. The van der Waals surface area contributed by atoms with Gasteiger partial charge in [0.15, 0.2) is 25.0 Å². The van der Waals surface area contributed by atoms with Crippen LogP contribution in [0, 0.1) is 0 Å². The van der Waals surface area contributed by atoms with Crippen molar-refractivity contribution in [3.05, 3.63) is 12.2 Å². The molecule has 24 heteroatoms. The number of hydrogen-bond acceptors (Lipinski definition) is 21. The molecule has 0 aromatic rings. The molecule has 0 spiro atoms. The summed E-state index contributed by atoms with van der Waals surface area (Å²) in [6.45, 7) is -0.431. The summed E-state index contributed by atoms with van der Waals surface area (Å²) in [7, 11) is 0. The van der Waals surface area contributed by atoms with Crippen LogP contribution in [-0.4, -0.2) is 209 Å².